The van der Waals surface area contributed by atoms with Crippen LogP contribution in [0.15, 0.2) is 42.5 Å². The molecule has 0 saturated heterocycles. The lowest BCUT2D eigenvalue weighted by Gasteiger charge is -2.19. The molecule has 2 aromatic rings. The highest BCUT2D eigenvalue weighted by atomic mass is 16.5. The summed E-state index contributed by atoms with van der Waals surface area (Å²) < 4.78 is 4.91. The number of nitrogens with one attached hydrogen (secondary N) is 2. The highest BCUT2D eigenvalue weighted by Gasteiger charge is 2.11. The lowest BCUT2D eigenvalue weighted by Crippen LogP contribution is -2.15. The number of hydrogen-bond acceptors (Lipinski definition) is 4. The molecule has 122 valence electrons. The molecule has 5 nitrogen and oxygen atoms in total. The predicted octanol–water partition coefficient (Wildman–Crippen LogP) is 4.44. The van der Waals surface area contributed by atoms with Crippen molar-refractivity contribution in [3.8, 4) is 5.75 Å². The molecule has 1 amide bonds. The molecule has 3 N–H and O–H groups in total. The number of phenolic OH excluding ortho intramolecular Hbond substituents is 1. The van der Waals surface area contributed by atoms with Crippen LogP contribution in [0.5, 0.6) is 5.75 Å². The van der Waals surface area contributed by atoms with Crippen LogP contribution in [0.2, 0.25) is 0 Å². The largest absolute Gasteiger partial charge is 0.508 e. The van der Waals surface area contributed by atoms with Crippen molar-refractivity contribution in [3.63, 3.8) is 0 Å². The molecule has 0 saturated carbocycles. The third kappa shape index (κ3) is 4.39. The number of amides is 1. The standard InChI is InChI=1S/C18H22N2O3/c1-4-23-18(22)20-17-10-6-9-16(12(17)2)19-13(3)14-7-5-8-15(21)11-14/h5-11,13,19,21H,4H2,1-3H3,(H,20,22)/t13-/m0/s1. The molecule has 5 heteroatoms. The first-order chi connectivity index (χ1) is 11.0. The second-order valence-corrected chi connectivity index (χ2v) is 5.28. The van der Waals surface area contributed by atoms with Gasteiger partial charge in [-0.2, -0.15) is 0 Å². The number of ether oxygens (including phenoxy) is 1. The van der Waals surface area contributed by atoms with Gasteiger partial charge in [-0.15, -0.1) is 0 Å². The van der Waals surface area contributed by atoms with E-state index in [0.29, 0.717) is 12.3 Å². The van der Waals surface area contributed by atoms with Gasteiger partial charge in [0.15, 0.2) is 0 Å². The van der Waals surface area contributed by atoms with Gasteiger partial charge < -0.3 is 15.2 Å². The second kappa shape index (κ2) is 7.54. The fourth-order valence-corrected chi connectivity index (χ4v) is 2.32. The number of carbonyl (C=O) groups excluding carboxylic acids is 1. The molecule has 2 rings (SSSR count). The van der Waals surface area contributed by atoms with E-state index in [0.717, 1.165) is 16.8 Å². The summed E-state index contributed by atoms with van der Waals surface area (Å²) in [4.78, 5) is 11.6. The first-order valence-electron chi connectivity index (χ1n) is 7.60. The molecule has 2 aromatic carbocycles. The van der Waals surface area contributed by atoms with E-state index in [1.807, 2.05) is 44.2 Å². The Balaban J connectivity index is 2.15. The van der Waals surface area contributed by atoms with Crippen LogP contribution in [0.3, 0.4) is 0 Å². The minimum Gasteiger partial charge on any atom is -0.508 e. The van der Waals surface area contributed by atoms with E-state index >= 15 is 0 Å². The Morgan fingerprint density at radius 3 is 2.61 bits per heavy atom. The molecule has 0 aliphatic carbocycles. The summed E-state index contributed by atoms with van der Waals surface area (Å²) in [5.74, 6) is 0.241. The van der Waals surface area contributed by atoms with Gasteiger partial charge in [0, 0.05) is 17.4 Å². The van der Waals surface area contributed by atoms with Gasteiger partial charge in [-0.25, -0.2) is 4.79 Å². The molecule has 23 heavy (non-hydrogen) atoms. The predicted molar refractivity (Wildman–Crippen MR) is 92.0 cm³/mol. The van der Waals surface area contributed by atoms with Crippen molar-refractivity contribution >= 4 is 17.5 Å². The Bertz CT molecular complexity index is 686. The summed E-state index contributed by atoms with van der Waals surface area (Å²) in [7, 11) is 0. The van der Waals surface area contributed by atoms with Crippen molar-refractivity contribution < 1.29 is 14.6 Å². The Morgan fingerprint density at radius 1 is 1.22 bits per heavy atom. The molecular weight excluding hydrogens is 292 g/mol. The van der Waals surface area contributed by atoms with Gasteiger partial charge in [0.1, 0.15) is 5.75 Å². The number of benzene rings is 2. The van der Waals surface area contributed by atoms with E-state index in [9.17, 15) is 9.90 Å². The van der Waals surface area contributed by atoms with Crippen molar-refractivity contribution in [1.82, 2.24) is 0 Å². The van der Waals surface area contributed by atoms with Gasteiger partial charge in [0.2, 0.25) is 0 Å². The summed E-state index contributed by atoms with van der Waals surface area (Å²) in [5.41, 5.74) is 3.52. The fraction of sp³-hybridized carbons (Fsp3) is 0.278. The second-order valence-electron chi connectivity index (χ2n) is 5.28. The van der Waals surface area contributed by atoms with E-state index in [2.05, 4.69) is 10.6 Å². The van der Waals surface area contributed by atoms with Crippen LogP contribution >= 0.6 is 0 Å². The van der Waals surface area contributed by atoms with Crippen LogP contribution in [0.4, 0.5) is 16.2 Å². The highest BCUT2D eigenvalue weighted by molar-refractivity contribution is 5.87. The Kier molecular flexibility index (Phi) is 5.46. The van der Waals surface area contributed by atoms with Gasteiger partial charge in [-0.3, -0.25) is 5.32 Å². The summed E-state index contributed by atoms with van der Waals surface area (Å²) in [5, 5.41) is 15.7. The summed E-state index contributed by atoms with van der Waals surface area (Å²) >= 11 is 0. The zero-order chi connectivity index (χ0) is 16.8. The third-order valence-corrected chi connectivity index (χ3v) is 3.59. The van der Waals surface area contributed by atoms with Crippen molar-refractivity contribution in [1.29, 1.82) is 0 Å². The topological polar surface area (TPSA) is 70.6 Å². The maximum Gasteiger partial charge on any atom is 0.411 e. The molecule has 1 atom stereocenters. The van der Waals surface area contributed by atoms with Crippen LogP contribution in [-0.2, 0) is 4.74 Å². The minimum absolute atomic E-state index is 0.0126. The van der Waals surface area contributed by atoms with Crippen molar-refractivity contribution in [2.75, 3.05) is 17.2 Å². The summed E-state index contributed by atoms with van der Waals surface area (Å²) in [6, 6.07) is 12.8. The quantitative estimate of drug-likeness (QED) is 0.763. The van der Waals surface area contributed by atoms with Crippen LogP contribution < -0.4 is 10.6 Å². The zero-order valence-electron chi connectivity index (χ0n) is 13.6. The number of anilines is 2. The number of carbonyl (C=O) groups is 1. The van der Waals surface area contributed by atoms with E-state index in [4.69, 9.17) is 4.74 Å². The molecule has 0 unspecified atom stereocenters. The number of aromatic hydroxyl groups is 1. The minimum atomic E-state index is -0.464. The Hall–Kier alpha value is -2.69. The summed E-state index contributed by atoms with van der Waals surface area (Å²) in [6.07, 6.45) is -0.464. The Labute approximate surface area is 136 Å². The number of phenols is 1. The van der Waals surface area contributed by atoms with Gasteiger partial charge in [-0.1, -0.05) is 18.2 Å². The molecular formula is C18H22N2O3. The molecule has 0 aliphatic heterocycles. The maximum absolute atomic E-state index is 11.6. The average molecular weight is 314 g/mol. The van der Waals surface area contributed by atoms with Gasteiger partial charge in [0.25, 0.3) is 0 Å². The Morgan fingerprint density at radius 2 is 1.91 bits per heavy atom. The lowest BCUT2D eigenvalue weighted by atomic mass is 10.1. The first kappa shape index (κ1) is 16.7. The van der Waals surface area contributed by atoms with Crippen molar-refractivity contribution in [2.24, 2.45) is 0 Å². The molecule has 0 fully saturated rings. The fourth-order valence-electron chi connectivity index (χ4n) is 2.32. The lowest BCUT2D eigenvalue weighted by molar-refractivity contribution is 0.168. The van der Waals surface area contributed by atoms with Crippen LogP contribution in [0.25, 0.3) is 0 Å². The van der Waals surface area contributed by atoms with Crippen molar-refractivity contribution in [3.05, 3.63) is 53.6 Å². The van der Waals surface area contributed by atoms with Gasteiger partial charge in [0.05, 0.1) is 6.61 Å². The van der Waals surface area contributed by atoms with E-state index in [1.54, 1.807) is 19.1 Å². The SMILES string of the molecule is CCOC(=O)Nc1cccc(N[C@@H](C)c2cccc(O)c2)c1C. The van der Waals surface area contributed by atoms with Crippen LogP contribution in [0, 0.1) is 6.92 Å². The molecule has 0 radical (unpaired) electrons. The maximum atomic E-state index is 11.6. The van der Waals surface area contributed by atoms with E-state index in [1.165, 1.54) is 0 Å². The molecule has 0 heterocycles. The zero-order valence-corrected chi connectivity index (χ0v) is 13.6. The van der Waals surface area contributed by atoms with Gasteiger partial charge in [-0.05, 0) is 56.2 Å². The number of hydrogen-bond donors (Lipinski definition) is 3. The first-order valence-corrected chi connectivity index (χ1v) is 7.60. The third-order valence-electron chi connectivity index (χ3n) is 3.59. The van der Waals surface area contributed by atoms with Crippen LogP contribution in [-0.4, -0.2) is 17.8 Å². The van der Waals surface area contributed by atoms with E-state index < -0.39 is 6.09 Å². The molecule has 0 bridgehead atoms. The monoisotopic (exact) mass is 314 g/mol. The molecule has 0 aromatic heterocycles. The smallest absolute Gasteiger partial charge is 0.411 e. The summed E-state index contributed by atoms with van der Waals surface area (Å²) in [6.45, 7) is 6.04. The van der Waals surface area contributed by atoms with Gasteiger partial charge >= 0.3 is 6.09 Å². The molecule has 0 spiro atoms. The number of rotatable bonds is 5. The van der Waals surface area contributed by atoms with Crippen molar-refractivity contribution in [2.45, 2.75) is 26.8 Å². The highest BCUT2D eigenvalue weighted by Crippen LogP contribution is 2.28. The van der Waals surface area contributed by atoms with Crippen LogP contribution in [0.1, 0.15) is 31.0 Å². The molecule has 0 aliphatic rings. The average Bonchev–Trinajstić information content (AvgIpc) is 2.51. The normalized spacial score (nSPS) is 11.6. The van der Waals surface area contributed by atoms with E-state index in [-0.39, 0.29) is 11.8 Å².